The van der Waals surface area contributed by atoms with Crippen molar-refractivity contribution in [3.05, 3.63) is 63.6 Å². The van der Waals surface area contributed by atoms with E-state index in [1.54, 1.807) is 24.3 Å². The van der Waals surface area contributed by atoms with Crippen molar-refractivity contribution < 1.29 is 13.6 Å². The molecule has 0 radical (unpaired) electrons. The molecule has 98 valence electrons. The summed E-state index contributed by atoms with van der Waals surface area (Å²) < 4.78 is 27.5. The molecule has 0 heterocycles. The van der Waals surface area contributed by atoms with Gasteiger partial charge in [-0.15, -0.1) is 11.8 Å². The van der Waals surface area contributed by atoms with Gasteiger partial charge in [-0.25, -0.2) is 8.78 Å². The van der Waals surface area contributed by atoms with E-state index in [2.05, 4.69) is 15.9 Å². The second-order valence-electron chi connectivity index (χ2n) is 3.80. The molecule has 0 spiro atoms. The number of rotatable bonds is 4. The molecule has 0 fully saturated rings. The van der Waals surface area contributed by atoms with Crippen molar-refractivity contribution in [3.63, 3.8) is 0 Å². The molecule has 2 aromatic rings. The molecular formula is C14H9BrF2OS. The molecule has 0 N–H and O–H groups in total. The van der Waals surface area contributed by atoms with Crippen LogP contribution in [0.15, 0.2) is 45.8 Å². The van der Waals surface area contributed by atoms with E-state index in [0.29, 0.717) is 5.56 Å². The van der Waals surface area contributed by atoms with Crippen molar-refractivity contribution in [2.75, 3.05) is 0 Å². The molecule has 0 aliphatic rings. The highest BCUT2D eigenvalue weighted by atomic mass is 79.9. The van der Waals surface area contributed by atoms with Gasteiger partial charge < -0.3 is 0 Å². The van der Waals surface area contributed by atoms with E-state index in [-0.39, 0.29) is 15.8 Å². The summed E-state index contributed by atoms with van der Waals surface area (Å²) in [6, 6.07) is 9.42. The Balaban J connectivity index is 2.14. The first kappa shape index (κ1) is 14.2. The van der Waals surface area contributed by atoms with Gasteiger partial charge in [-0.2, -0.15) is 0 Å². The molecular weight excluding hydrogens is 334 g/mol. The highest BCUT2D eigenvalue weighted by Gasteiger charge is 2.12. The van der Waals surface area contributed by atoms with Crippen molar-refractivity contribution >= 4 is 34.0 Å². The summed E-state index contributed by atoms with van der Waals surface area (Å²) in [7, 11) is 0. The topological polar surface area (TPSA) is 17.1 Å². The van der Waals surface area contributed by atoms with Gasteiger partial charge in [-0.1, -0.05) is 12.1 Å². The van der Waals surface area contributed by atoms with Crippen LogP contribution in [0.5, 0.6) is 0 Å². The Bertz CT molecular complexity index is 599. The average Bonchev–Trinajstić information content (AvgIpc) is 2.44. The third-order valence-electron chi connectivity index (χ3n) is 2.54. The minimum Gasteiger partial charge on any atom is -0.298 e. The Labute approximate surface area is 122 Å². The first-order valence-corrected chi connectivity index (χ1v) is 7.20. The van der Waals surface area contributed by atoms with Crippen molar-refractivity contribution in [1.29, 1.82) is 0 Å². The predicted molar refractivity (Wildman–Crippen MR) is 75.4 cm³/mol. The number of carbonyl (C=O) groups excluding carboxylic acids is 1. The van der Waals surface area contributed by atoms with E-state index in [1.807, 2.05) is 0 Å². The van der Waals surface area contributed by atoms with Crippen LogP contribution in [-0.4, -0.2) is 6.29 Å². The van der Waals surface area contributed by atoms with Crippen LogP contribution in [-0.2, 0) is 5.75 Å². The summed E-state index contributed by atoms with van der Waals surface area (Å²) >= 11 is 4.35. The van der Waals surface area contributed by atoms with Crippen molar-refractivity contribution in [2.24, 2.45) is 0 Å². The van der Waals surface area contributed by atoms with E-state index >= 15 is 0 Å². The van der Waals surface area contributed by atoms with Crippen LogP contribution < -0.4 is 0 Å². The lowest BCUT2D eigenvalue weighted by molar-refractivity contribution is 0.112. The Morgan fingerprint density at radius 2 is 1.79 bits per heavy atom. The van der Waals surface area contributed by atoms with Gasteiger partial charge in [0.25, 0.3) is 0 Å². The number of aldehydes is 1. The van der Waals surface area contributed by atoms with E-state index in [4.69, 9.17) is 0 Å². The average molecular weight is 343 g/mol. The molecule has 2 rings (SSSR count). The molecule has 5 heteroatoms. The quantitative estimate of drug-likeness (QED) is 0.449. The maximum Gasteiger partial charge on any atom is 0.150 e. The van der Waals surface area contributed by atoms with Crippen LogP contribution in [0.3, 0.4) is 0 Å². The van der Waals surface area contributed by atoms with Crippen molar-refractivity contribution in [2.45, 2.75) is 10.6 Å². The lowest BCUT2D eigenvalue weighted by Gasteiger charge is -2.06. The third-order valence-corrected chi connectivity index (χ3v) is 4.19. The van der Waals surface area contributed by atoms with Gasteiger partial charge >= 0.3 is 0 Å². The summed E-state index contributed by atoms with van der Waals surface area (Å²) in [6.07, 6.45) is 0.752. The van der Waals surface area contributed by atoms with E-state index < -0.39 is 11.6 Å². The van der Waals surface area contributed by atoms with Crippen LogP contribution in [0.4, 0.5) is 8.78 Å². The number of benzene rings is 2. The van der Waals surface area contributed by atoms with E-state index in [9.17, 15) is 13.6 Å². The molecule has 0 aliphatic heterocycles. The van der Waals surface area contributed by atoms with Crippen LogP contribution in [0.25, 0.3) is 0 Å². The number of carbonyl (C=O) groups is 1. The molecule has 0 unspecified atom stereocenters. The Morgan fingerprint density at radius 3 is 2.42 bits per heavy atom. The molecule has 2 aromatic carbocycles. The fraction of sp³-hybridized carbons (Fsp3) is 0.0714. The summed E-state index contributed by atoms with van der Waals surface area (Å²) in [4.78, 5) is 11.4. The summed E-state index contributed by atoms with van der Waals surface area (Å²) in [5, 5.41) is 0. The number of hydrogen-bond donors (Lipinski definition) is 0. The Morgan fingerprint density at radius 1 is 1.11 bits per heavy atom. The second kappa shape index (κ2) is 6.30. The third kappa shape index (κ3) is 3.42. The normalized spacial score (nSPS) is 10.5. The zero-order valence-corrected chi connectivity index (χ0v) is 12.1. The van der Waals surface area contributed by atoms with Gasteiger partial charge in [0.05, 0.1) is 4.47 Å². The molecule has 0 aliphatic carbocycles. The molecule has 0 aromatic heterocycles. The smallest absolute Gasteiger partial charge is 0.150 e. The predicted octanol–water partition coefficient (Wildman–Crippen LogP) is 4.83. The Hall–Kier alpha value is -1.20. The van der Waals surface area contributed by atoms with Gasteiger partial charge in [-0.3, -0.25) is 4.79 Å². The maximum atomic E-state index is 13.7. The molecule has 1 nitrogen and oxygen atoms in total. The zero-order valence-electron chi connectivity index (χ0n) is 9.70. The van der Waals surface area contributed by atoms with Gasteiger partial charge in [0.2, 0.25) is 0 Å². The summed E-state index contributed by atoms with van der Waals surface area (Å²) in [5.74, 6) is -0.938. The SMILES string of the molecule is O=Cc1ccc(SCc2c(F)ccc(Br)c2F)cc1. The van der Waals surface area contributed by atoms with Gasteiger partial charge in [0.1, 0.15) is 17.9 Å². The van der Waals surface area contributed by atoms with Gasteiger partial charge in [0.15, 0.2) is 0 Å². The monoisotopic (exact) mass is 342 g/mol. The highest BCUT2D eigenvalue weighted by Crippen LogP contribution is 2.28. The van der Waals surface area contributed by atoms with Crippen LogP contribution >= 0.6 is 27.7 Å². The minimum atomic E-state index is -0.572. The first-order valence-electron chi connectivity index (χ1n) is 5.42. The van der Waals surface area contributed by atoms with Crippen LogP contribution in [0.2, 0.25) is 0 Å². The number of halogens is 3. The summed E-state index contributed by atoms with van der Waals surface area (Å²) in [6.45, 7) is 0. The summed E-state index contributed by atoms with van der Waals surface area (Å²) in [5.41, 5.74) is 0.614. The zero-order chi connectivity index (χ0) is 13.8. The molecule has 0 amide bonds. The standard InChI is InChI=1S/C14H9BrF2OS/c15-12-5-6-13(16)11(14(12)17)8-19-10-3-1-9(7-18)2-4-10/h1-7H,8H2. The fourth-order valence-corrected chi connectivity index (χ4v) is 2.78. The van der Waals surface area contributed by atoms with Crippen molar-refractivity contribution in [3.8, 4) is 0 Å². The van der Waals surface area contributed by atoms with E-state index in [0.717, 1.165) is 11.2 Å². The van der Waals surface area contributed by atoms with Gasteiger partial charge in [0, 0.05) is 21.8 Å². The lowest BCUT2D eigenvalue weighted by atomic mass is 10.2. The van der Waals surface area contributed by atoms with Crippen LogP contribution in [0.1, 0.15) is 15.9 Å². The number of thioether (sulfide) groups is 1. The largest absolute Gasteiger partial charge is 0.298 e. The maximum absolute atomic E-state index is 13.7. The molecule has 0 saturated heterocycles. The second-order valence-corrected chi connectivity index (χ2v) is 5.70. The number of hydrogen-bond acceptors (Lipinski definition) is 2. The lowest BCUT2D eigenvalue weighted by Crippen LogP contribution is -1.94. The molecule has 0 atom stereocenters. The van der Waals surface area contributed by atoms with E-state index in [1.165, 1.54) is 23.9 Å². The highest BCUT2D eigenvalue weighted by molar-refractivity contribution is 9.10. The fourth-order valence-electron chi connectivity index (χ4n) is 1.50. The van der Waals surface area contributed by atoms with Gasteiger partial charge in [-0.05, 0) is 40.2 Å². The first-order chi connectivity index (χ1) is 9.11. The molecule has 19 heavy (non-hydrogen) atoms. The Kier molecular flexibility index (Phi) is 4.71. The molecule has 0 saturated carbocycles. The van der Waals surface area contributed by atoms with Crippen molar-refractivity contribution in [1.82, 2.24) is 0 Å². The minimum absolute atomic E-state index is 0.0406. The molecule has 0 bridgehead atoms. The van der Waals surface area contributed by atoms with Crippen LogP contribution in [0, 0.1) is 11.6 Å².